The minimum atomic E-state index is -0.294. The van der Waals surface area contributed by atoms with Crippen molar-refractivity contribution in [3.05, 3.63) is 206 Å². The Balaban J connectivity index is 0.859. The Kier molecular flexibility index (Phi) is 13.7. The molecule has 12 rings (SSSR count). The second kappa shape index (κ2) is 21.0. The van der Waals surface area contributed by atoms with E-state index in [1.807, 2.05) is 173 Å². The van der Waals surface area contributed by atoms with Crippen LogP contribution in [-0.2, 0) is 0 Å². The highest BCUT2D eigenvalue weighted by Crippen LogP contribution is 2.47. The fourth-order valence-electron chi connectivity index (χ4n) is 10.9. The number of azo groups is 2. The van der Waals surface area contributed by atoms with Crippen LogP contribution in [0.1, 0.15) is 37.4 Å². The first-order valence-electron chi connectivity index (χ1n) is 25.8. The molecule has 2 heterocycles. The molecule has 0 radical (unpaired) electrons. The van der Waals surface area contributed by atoms with Gasteiger partial charge in [-0.1, -0.05) is 70.7 Å². The third-order valence-corrected chi connectivity index (χ3v) is 16.1. The van der Waals surface area contributed by atoms with Gasteiger partial charge in [-0.25, -0.2) is 0 Å². The molecule has 400 valence electrons. The zero-order valence-electron chi connectivity index (χ0n) is 44.9. The lowest BCUT2D eigenvalue weighted by molar-refractivity contribution is 0.0983. The molecule has 0 fully saturated rings. The molecule has 0 aliphatic carbocycles. The third-order valence-electron chi connectivity index (χ3n) is 15.1. The van der Waals surface area contributed by atoms with E-state index < -0.39 is 0 Å². The van der Waals surface area contributed by atoms with Crippen molar-refractivity contribution in [2.24, 2.45) is 20.5 Å². The van der Waals surface area contributed by atoms with Crippen molar-refractivity contribution >= 4 is 169 Å². The number of amides is 2. The summed E-state index contributed by atoms with van der Waals surface area (Å²) in [5, 5.41) is 28.8. The molecule has 12 nitrogen and oxygen atoms in total. The number of aromatic amines is 2. The number of nitrogens with zero attached hydrogens (tertiary/aromatic N) is 7. The van der Waals surface area contributed by atoms with Crippen LogP contribution in [0, 0.1) is 20.8 Å². The monoisotopic (exact) mass is 1140 g/mol. The van der Waals surface area contributed by atoms with E-state index in [1.165, 1.54) is 7.11 Å². The molecule has 0 saturated heterocycles. The van der Waals surface area contributed by atoms with Crippen LogP contribution in [0.2, 0.25) is 20.1 Å². The number of anilines is 4. The first kappa shape index (κ1) is 52.9. The summed E-state index contributed by atoms with van der Waals surface area (Å²) in [5.41, 5.74) is 12.1. The molecule has 0 unspecified atom stereocenters. The lowest BCUT2D eigenvalue weighted by Gasteiger charge is -2.22. The molecule has 0 bridgehead atoms. The van der Waals surface area contributed by atoms with Gasteiger partial charge in [-0.3, -0.25) is 9.59 Å². The SMILES string of the molecule is COc1c(C(=O)N(C)c2ccc(Cl)cc2C)cc2ccc3c4cc(Cl)ccc4[nH]c3c2c1N=Nc1ccc(N(C)c2ccc(N=Nc3c(C)c(C(=O)N(C)c4ccc(Cl)cc4C)cc4ccc5c6cc(Cl)ccc6[nH]c5c34)cc2)cc1. The second-order valence-corrected chi connectivity index (χ2v) is 21.8. The highest BCUT2D eigenvalue weighted by molar-refractivity contribution is 6.33. The van der Waals surface area contributed by atoms with Crippen LogP contribution < -0.4 is 19.4 Å². The van der Waals surface area contributed by atoms with Gasteiger partial charge in [0.1, 0.15) is 5.69 Å². The molecule has 2 amide bonds. The van der Waals surface area contributed by atoms with Crippen molar-refractivity contribution in [3.8, 4) is 5.75 Å². The first-order chi connectivity index (χ1) is 39.0. The van der Waals surface area contributed by atoms with Crippen LogP contribution in [-0.4, -0.2) is 50.0 Å². The van der Waals surface area contributed by atoms with Gasteiger partial charge in [0.15, 0.2) is 5.75 Å². The molecule has 0 saturated carbocycles. The quantitative estimate of drug-likeness (QED) is 0.125. The van der Waals surface area contributed by atoms with Gasteiger partial charge >= 0.3 is 0 Å². The Morgan fingerprint density at radius 3 is 1.35 bits per heavy atom. The van der Waals surface area contributed by atoms with Gasteiger partial charge in [0.05, 0.1) is 40.8 Å². The minimum absolute atomic E-state index is 0.191. The molecular weight excluding hydrogens is 1100 g/mol. The molecule has 0 aliphatic heterocycles. The van der Waals surface area contributed by atoms with E-state index in [0.717, 1.165) is 93.3 Å². The van der Waals surface area contributed by atoms with Crippen molar-refractivity contribution in [2.75, 3.05) is 43.0 Å². The van der Waals surface area contributed by atoms with Crippen molar-refractivity contribution < 1.29 is 14.3 Å². The van der Waals surface area contributed by atoms with Crippen molar-refractivity contribution in [2.45, 2.75) is 20.8 Å². The number of aryl methyl sites for hydroxylation is 2. The maximum Gasteiger partial charge on any atom is 0.261 e. The molecule has 0 spiro atoms. The Labute approximate surface area is 485 Å². The van der Waals surface area contributed by atoms with Crippen molar-refractivity contribution in [1.29, 1.82) is 0 Å². The molecule has 10 aromatic carbocycles. The van der Waals surface area contributed by atoms with E-state index in [-0.39, 0.29) is 17.6 Å². The van der Waals surface area contributed by atoms with Gasteiger partial charge in [-0.05, 0) is 182 Å². The number of fused-ring (bicyclic) bond motifs is 10. The predicted octanol–water partition coefficient (Wildman–Crippen LogP) is 20.0. The van der Waals surface area contributed by atoms with E-state index in [4.69, 9.17) is 71.6 Å². The molecule has 0 aliphatic rings. The summed E-state index contributed by atoms with van der Waals surface area (Å²) >= 11 is 25.6. The molecule has 81 heavy (non-hydrogen) atoms. The standard InChI is InChI=1S/C65H49Cl4N9O3/c1-34-28-39(66)12-26-55(34)77(5)64(79)49-30-37-8-22-47-50-32-41(68)10-24-53(50)70-60(47)57(37)59(36(49)3)74-72-43-14-18-45(19-15-43)76(4)46-20-16-44(17-21-46)73-75-62-58-38(9-23-48-51-33-42(69)11-25-54(51)71-61(48)58)31-52(63(62)81-7)65(80)78(6)56-27-13-40(67)29-35(56)2/h8-33,70-71H,1-7H3. The van der Waals surface area contributed by atoms with E-state index in [9.17, 15) is 9.59 Å². The van der Waals surface area contributed by atoms with Crippen LogP contribution in [0.15, 0.2) is 178 Å². The third kappa shape index (κ3) is 9.53. The van der Waals surface area contributed by atoms with Gasteiger partial charge in [0.2, 0.25) is 0 Å². The number of rotatable bonds is 11. The summed E-state index contributed by atoms with van der Waals surface area (Å²) < 4.78 is 6.11. The largest absolute Gasteiger partial charge is 0.494 e. The summed E-state index contributed by atoms with van der Waals surface area (Å²) in [4.78, 5) is 41.4. The van der Waals surface area contributed by atoms with Gasteiger partial charge in [-0.15, -0.1) is 10.2 Å². The maximum atomic E-state index is 14.5. The zero-order valence-corrected chi connectivity index (χ0v) is 47.9. The van der Waals surface area contributed by atoms with Gasteiger partial charge in [0, 0.05) is 113 Å². The highest BCUT2D eigenvalue weighted by atomic mass is 35.5. The zero-order chi connectivity index (χ0) is 56.5. The number of aromatic nitrogens is 2. The molecule has 2 aromatic heterocycles. The molecule has 0 atom stereocenters. The van der Waals surface area contributed by atoms with E-state index >= 15 is 0 Å². The maximum absolute atomic E-state index is 14.5. The van der Waals surface area contributed by atoms with Crippen LogP contribution in [0.4, 0.5) is 45.5 Å². The van der Waals surface area contributed by atoms with Gasteiger partial charge < -0.3 is 29.4 Å². The number of halogens is 4. The number of H-pyrrole nitrogens is 2. The first-order valence-corrected chi connectivity index (χ1v) is 27.3. The number of methoxy groups -OCH3 is 1. The molecule has 12 aromatic rings. The number of hydrogen-bond acceptors (Lipinski definition) is 8. The average molecular weight is 1150 g/mol. The topological polar surface area (TPSA) is 134 Å². The lowest BCUT2D eigenvalue weighted by atomic mass is 9.96. The Morgan fingerprint density at radius 1 is 0.457 bits per heavy atom. The van der Waals surface area contributed by atoms with E-state index in [2.05, 4.69) is 14.9 Å². The fourth-order valence-corrected chi connectivity index (χ4v) is 11.7. The lowest BCUT2D eigenvalue weighted by Crippen LogP contribution is -2.27. The summed E-state index contributed by atoms with van der Waals surface area (Å²) in [5.74, 6) is -0.211. The number of hydrogen-bond donors (Lipinski definition) is 2. The van der Waals surface area contributed by atoms with Gasteiger partial charge in [0.25, 0.3) is 11.8 Å². The summed E-state index contributed by atoms with van der Waals surface area (Å²) in [6.07, 6.45) is 0. The molecule has 2 N–H and O–H groups in total. The number of benzene rings is 10. The number of nitrogens with one attached hydrogen (secondary N) is 2. The van der Waals surface area contributed by atoms with Crippen molar-refractivity contribution in [1.82, 2.24) is 9.97 Å². The van der Waals surface area contributed by atoms with Crippen molar-refractivity contribution in [3.63, 3.8) is 0 Å². The predicted molar refractivity (Wildman–Crippen MR) is 335 cm³/mol. The number of carbonyl (C=O) groups is 2. The number of ether oxygens (including phenoxy) is 1. The highest BCUT2D eigenvalue weighted by Gasteiger charge is 2.27. The second-order valence-electron chi connectivity index (χ2n) is 20.1. The Hall–Kier alpha value is -8.78. The Bertz CT molecular complexity index is 4650. The Morgan fingerprint density at radius 2 is 0.877 bits per heavy atom. The van der Waals surface area contributed by atoms with E-state index in [0.29, 0.717) is 65.2 Å². The molecule has 16 heteroatoms. The van der Waals surface area contributed by atoms with Gasteiger partial charge in [-0.2, -0.15) is 10.2 Å². The summed E-state index contributed by atoms with van der Waals surface area (Å²) in [7, 11) is 7.00. The minimum Gasteiger partial charge on any atom is -0.494 e. The average Bonchev–Trinajstić information content (AvgIpc) is 4.18. The van der Waals surface area contributed by atoms with Crippen LogP contribution in [0.3, 0.4) is 0 Å². The summed E-state index contributed by atoms with van der Waals surface area (Å²) in [6.45, 7) is 5.76. The number of carbonyl (C=O) groups excluding carboxylic acids is 2. The normalized spacial score (nSPS) is 11.9. The van der Waals surface area contributed by atoms with E-state index in [1.54, 1.807) is 36.0 Å². The summed E-state index contributed by atoms with van der Waals surface area (Å²) in [6, 6.07) is 49.7. The molecular formula is C65H49Cl4N9O3. The van der Waals surface area contributed by atoms with Crippen LogP contribution in [0.5, 0.6) is 5.75 Å². The van der Waals surface area contributed by atoms with Crippen LogP contribution in [0.25, 0.3) is 65.2 Å². The van der Waals surface area contributed by atoms with Crippen LogP contribution >= 0.6 is 46.4 Å². The fraction of sp³-hybridized carbons (Fsp3) is 0.108. The smallest absolute Gasteiger partial charge is 0.261 e.